The lowest BCUT2D eigenvalue weighted by molar-refractivity contribution is 0.0742. The van der Waals surface area contributed by atoms with Crippen molar-refractivity contribution in [1.29, 1.82) is 0 Å². The van der Waals surface area contributed by atoms with Gasteiger partial charge in [0.15, 0.2) is 0 Å². The maximum atomic E-state index is 12.6. The topological polar surface area (TPSA) is 63.9 Å². The van der Waals surface area contributed by atoms with E-state index in [1.807, 2.05) is 50.2 Å². The number of carbonyl (C=O) groups excluding carboxylic acids is 1. The zero-order valence-corrected chi connectivity index (χ0v) is 13.9. The molecule has 3 aromatic rings. The van der Waals surface area contributed by atoms with E-state index in [1.165, 1.54) is 6.33 Å². The van der Waals surface area contributed by atoms with Crippen LogP contribution in [-0.2, 0) is 0 Å². The Morgan fingerprint density at radius 1 is 1.17 bits per heavy atom. The summed E-state index contributed by atoms with van der Waals surface area (Å²) in [5.74, 6) is -0.0460. The molecule has 122 valence electrons. The first kappa shape index (κ1) is 15.9. The molecule has 1 amide bonds. The Hall–Kier alpha value is -3.02. The molecule has 24 heavy (non-hydrogen) atoms. The Bertz CT molecular complexity index is 810. The fraction of sp³-hybridized carbons (Fsp3) is 0.222. The number of benzene rings is 1. The predicted octanol–water partition coefficient (Wildman–Crippen LogP) is 2.80. The summed E-state index contributed by atoms with van der Waals surface area (Å²) >= 11 is 0. The van der Waals surface area contributed by atoms with Crippen molar-refractivity contribution in [1.82, 2.24) is 24.6 Å². The number of amides is 1. The van der Waals surface area contributed by atoms with Crippen molar-refractivity contribution in [2.24, 2.45) is 0 Å². The van der Waals surface area contributed by atoms with Crippen LogP contribution < -0.4 is 0 Å². The molecule has 0 aliphatic heterocycles. The number of aromatic nitrogens is 4. The zero-order valence-electron chi connectivity index (χ0n) is 13.9. The second-order valence-electron chi connectivity index (χ2n) is 5.71. The van der Waals surface area contributed by atoms with Gasteiger partial charge in [-0.3, -0.25) is 9.78 Å². The number of pyridine rings is 1. The third kappa shape index (κ3) is 3.17. The molecule has 0 radical (unpaired) electrons. The van der Waals surface area contributed by atoms with Crippen molar-refractivity contribution >= 4 is 5.91 Å². The number of nitrogens with zero attached hydrogens (tertiary/aromatic N) is 5. The second-order valence-corrected chi connectivity index (χ2v) is 5.71. The number of rotatable bonds is 4. The minimum atomic E-state index is -0.0522. The predicted molar refractivity (Wildman–Crippen MR) is 90.8 cm³/mol. The third-order valence-corrected chi connectivity index (χ3v) is 4.12. The summed E-state index contributed by atoms with van der Waals surface area (Å²) in [5, 5.41) is 4.11. The van der Waals surface area contributed by atoms with Crippen molar-refractivity contribution in [3.8, 4) is 5.69 Å². The van der Waals surface area contributed by atoms with Crippen molar-refractivity contribution < 1.29 is 4.79 Å². The van der Waals surface area contributed by atoms with E-state index in [4.69, 9.17) is 0 Å². The average Bonchev–Trinajstić information content (AvgIpc) is 3.15. The van der Waals surface area contributed by atoms with Crippen LogP contribution in [-0.4, -0.2) is 37.6 Å². The van der Waals surface area contributed by atoms with Gasteiger partial charge in [0.25, 0.3) is 5.91 Å². The highest BCUT2D eigenvalue weighted by Gasteiger charge is 2.19. The summed E-state index contributed by atoms with van der Waals surface area (Å²) in [6.07, 6.45) is 4.77. The standard InChI is InChI=1S/C18H19N5O/c1-13-4-5-16(10-20-13)18(24)22(3)14(2)15-6-8-17(9-7-15)23-12-19-11-21-23/h4-12,14H,1-3H3. The van der Waals surface area contributed by atoms with E-state index in [1.54, 1.807) is 29.2 Å². The fourth-order valence-electron chi connectivity index (χ4n) is 2.44. The van der Waals surface area contributed by atoms with E-state index in [-0.39, 0.29) is 11.9 Å². The van der Waals surface area contributed by atoms with Gasteiger partial charge in [-0.25, -0.2) is 9.67 Å². The molecular weight excluding hydrogens is 302 g/mol. The van der Waals surface area contributed by atoms with Crippen LogP contribution in [0.1, 0.15) is 34.6 Å². The lowest BCUT2D eigenvalue weighted by Crippen LogP contribution is -2.29. The Balaban J connectivity index is 1.76. The van der Waals surface area contributed by atoms with E-state index in [2.05, 4.69) is 15.1 Å². The van der Waals surface area contributed by atoms with Gasteiger partial charge in [-0.2, -0.15) is 5.10 Å². The van der Waals surface area contributed by atoms with Crippen molar-refractivity contribution in [2.75, 3.05) is 7.05 Å². The molecule has 1 atom stereocenters. The Morgan fingerprint density at radius 2 is 1.92 bits per heavy atom. The molecule has 2 aromatic heterocycles. The van der Waals surface area contributed by atoms with Crippen molar-refractivity contribution in [3.63, 3.8) is 0 Å². The monoisotopic (exact) mass is 321 g/mol. The lowest BCUT2D eigenvalue weighted by Gasteiger charge is -2.25. The molecule has 1 aromatic carbocycles. The summed E-state index contributed by atoms with van der Waals surface area (Å²) in [4.78, 5) is 22.4. The Labute approximate surface area is 140 Å². The van der Waals surface area contributed by atoms with Crippen molar-refractivity contribution in [3.05, 3.63) is 72.1 Å². The summed E-state index contributed by atoms with van der Waals surface area (Å²) in [7, 11) is 1.80. The SMILES string of the molecule is Cc1ccc(C(=O)N(C)C(C)c2ccc(-n3cncn3)cc2)cn1. The van der Waals surface area contributed by atoms with Crippen LogP contribution in [0, 0.1) is 6.92 Å². The summed E-state index contributed by atoms with van der Waals surface area (Å²) in [6, 6.07) is 11.5. The molecule has 0 fully saturated rings. The van der Waals surface area contributed by atoms with E-state index >= 15 is 0 Å². The zero-order chi connectivity index (χ0) is 17.1. The van der Waals surface area contributed by atoms with Gasteiger partial charge >= 0.3 is 0 Å². The van der Waals surface area contributed by atoms with Gasteiger partial charge in [0.1, 0.15) is 12.7 Å². The smallest absolute Gasteiger partial charge is 0.255 e. The first-order valence-corrected chi connectivity index (χ1v) is 7.71. The van der Waals surface area contributed by atoms with Crippen LogP contribution in [0.2, 0.25) is 0 Å². The van der Waals surface area contributed by atoms with E-state index in [0.717, 1.165) is 16.9 Å². The van der Waals surface area contributed by atoms with Gasteiger partial charge in [0, 0.05) is 18.9 Å². The number of hydrogen-bond acceptors (Lipinski definition) is 4. The maximum Gasteiger partial charge on any atom is 0.255 e. The highest BCUT2D eigenvalue weighted by atomic mass is 16.2. The minimum absolute atomic E-state index is 0.0460. The number of hydrogen-bond donors (Lipinski definition) is 0. The van der Waals surface area contributed by atoms with Crippen LogP contribution in [0.4, 0.5) is 0 Å². The second kappa shape index (κ2) is 6.62. The van der Waals surface area contributed by atoms with Crippen LogP contribution in [0.5, 0.6) is 0 Å². The first-order valence-electron chi connectivity index (χ1n) is 7.71. The number of aryl methyl sites for hydroxylation is 1. The average molecular weight is 321 g/mol. The van der Waals surface area contributed by atoms with Crippen LogP contribution >= 0.6 is 0 Å². The Kier molecular flexibility index (Phi) is 4.37. The molecule has 0 bridgehead atoms. The Morgan fingerprint density at radius 3 is 2.50 bits per heavy atom. The molecule has 6 nitrogen and oxygen atoms in total. The highest BCUT2D eigenvalue weighted by Crippen LogP contribution is 2.22. The molecule has 0 saturated heterocycles. The largest absolute Gasteiger partial charge is 0.335 e. The van der Waals surface area contributed by atoms with E-state index < -0.39 is 0 Å². The fourth-order valence-corrected chi connectivity index (χ4v) is 2.44. The molecule has 2 heterocycles. The van der Waals surface area contributed by atoms with Gasteiger partial charge in [-0.15, -0.1) is 0 Å². The number of carbonyl (C=O) groups is 1. The maximum absolute atomic E-state index is 12.6. The first-order chi connectivity index (χ1) is 11.6. The molecule has 6 heteroatoms. The molecule has 0 N–H and O–H groups in total. The van der Waals surface area contributed by atoms with Crippen LogP contribution in [0.25, 0.3) is 5.69 Å². The van der Waals surface area contributed by atoms with Crippen LogP contribution in [0.15, 0.2) is 55.2 Å². The summed E-state index contributed by atoms with van der Waals surface area (Å²) in [6.45, 7) is 3.90. The van der Waals surface area contributed by atoms with Crippen LogP contribution in [0.3, 0.4) is 0 Å². The highest BCUT2D eigenvalue weighted by molar-refractivity contribution is 5.94. The third-order valence-electron chi connectivity index (χ3n) is 4.12. The van der Waals surface area contributed by atoms with Gasteiger partial charge < -0.3 is 4.90 Å². The minimum Gasteiger partial charge on any atom is -0.335 e. The summed E-state index contributed by atoms with van der Waals surface area (Å²) in [5.41, 5.74) is 3.47. The van der Waals surface area contributed by atoms with E-state index in [9.17, 15) is 4.79 Å². The van der Waals surface area contributed by atoms with E-state index in [0.29, 0.717) is 5.56 Å². The van der Waals surface area contributed by atoms with Gasteiger partial charge in [0.2, 0.25) is 0 Å². The molecule has 0 spiro atoms. The lowest BCUT2D eigenvalue weighted by atomic mass is 10.1. The van der Waals surface area contributed by atoms with Gasteiger partial charge in [-0.05, 0) is 43.7 Å². The molecule has 0 aliphatic carbocycles. The van der Waals surface area contributed by atoms with Gasteiger partial charge in [-0.1, -0.05) is 12.1 Å². The molecule has 3 rings (SSSR count). The molecule has 1 unspecified atom stereocenters. The van der Waals surface area contributed by atoms with Gasteiger partial charge in [0.05, 0.1) is 17.3 Å². The quantitative estimate of drug-likeness (QED) is 0.741. The molecule has 0 aliphatic rings. The van der Waals surface area contributed by atoms with Crippen molar-refractivity contribution in [2.45, 2.75) is 19.9 Å². The normalized spacial score (nSPS) is 12.0. The molecular formula is C18H19N5O. The summed E-state index contributed by atoms with van der Waals surface area (Å²) < 4.78 is 1.70. The molecule has 0 saturated carbocycles.